The summed E-state index contributed by atoms with van der Waals surface area (Å²) in [5.74, 6) is 0.316. The summed E-state index contributed by atoms with van der Waals surface area (Å²) in [6.07, 6.45) is 8.75. The Morgan fingerprint density at radius 3 is 2.58 bits per heavy atom. The fourth-order valence-corrected chi connectivity index (χ4v) is 3.23. The normalized spacial score (nSPS) is 15.0. The molecule has 0 spiro atoms. The van der Waals surface area contributed by atoms with Gasteiger partial charge >= 0.3 is 0 Å². The number of piperidine rings is 1. The van der Waals surface area contributed by atoms with E-state index in [0.29, 0.717) is 17.0 Å². The molecule has 0 saturated carbocycles. The summed E-state index contributed by atoms with van der Waals surface area (Å²) in [4.78, 5) is 26.5. The molecule has 3 aromatic rings. The molecule has 1 aliphatic heterocycles. The second-order valence-electron chi connectivity index (χ2n) is 6.42. The fraction of sp³-hybridized carbons (Fsp3) is 0.250. The molecule has 26 heavy (non-hydrogen) atoms. The third kappa shape index (κ3) is 3.35. The average molecular weight is 350 g/mol. The zero-order valence-corrected chi connectivity index (χ0v) is 14.3. The molecular formula is C20H19FN4O. The third-order valence-electron chi connectivity index (χ3n) is 4.61. The third-order valence-corrected chi connectivity index (χ3v) is 4.61. The molecule has 3 heterocycles. The molecular weight excluding hydrogens is 331 g/mol. The van der Waals surface area contributed by atoms with Crippen LogP contribution in [0.5, 0.6) is 0 Å². The first kappa shape index (κ1) is 16.4. The number of aromatic nitrogens is 3. The Morgan fingerprint density at radius 1 is 1.04 bits per heavy atom. The van der Waals surface area contributed by atoms with E-state index in [0.717, 1.165) is 37.1 Å². The molecule has 0 bridgehead atoms. The lowest BCUT2D eigenvalue weighted by molar-refractivity contribution is 0.568. The predicted octanol–water partition coefficient (Wildman–Crippen LogP) is 3.62. The summed E-state index contributed by atoms with van der Waals surface area (Å²) in [5.41, 5.74) is 1.84. The van der Waals surface area contributed by atoms with Crippen molar-refractivity contribution in [3.63, 3.8) is 0 Å². The van der Waals surface area contributed by atoms with Gasteiger partial charge in [-0.05, 0) is 48.6 Å². The van der Waals surface area contributed by atoms with Crippen molar-refractivity contribution in [2.75, 3.05) is 18.0 Å². The molecule has 1 saturated heterocycles. The lowest BCUT2D eigenvalue weighted by Crippen LogP contribution is -2.32. The minimum atomic E-state index is -0.276. The van der Waals surface area contributed by atoms with E-state index in [-0.39, 0.29) is 11.4 Å². The van der Waals surface area contributed by atoms with Crippen molar-refractivity contribution in [2.45, 2.75) is 19.3 Å². The number of nitrogens with zero attached hydrogens (tertiary/aromatic N) is 3. The Bertz CT molecular complexity index is 1000. The second-order valence-corrected chi connectivity index (χ2v) is 6.42. The Kier molecular flexibility index (Phi) is 4.48. The van der Waals surface area contributed by atoms with E-state index in [1.807, 2.05) is 12.2 Å². The lowest BCUT2D eigenvalue weighted by Gasteiger charge is -2.26. The number of H-pyrrole nitrogens is 1. The second kappa shape index (κ2) is 7.07. The highest BCUT2D eigenvalue weighted by Gasteiger charge is 2.15. The van der Waals surface area contributed by atoms with Gasteiger partial charge in [-0.15, -0.1) is 0 Å². The SMILES string of the molecule is O=c1[nH]c(N2CCCCC2)nc2nccc(/C=C/c3ccc(F)cc3)c12. The number of fused-ring (bicyclic) bond motifs is 1. The van der Waals surface area contributed by atoms with Crippen LogP contribution in [0.4, 0.5) is 10.3 Å². The monoisotopic (exact) mass is 350 g/mol. The van der Waals surface area contributed by atoms with Gasteiger partial charge in [0, 0.05) is 19.3 Å². The van der Waals surface area contributed by atoms with Crippen molar-refractivity contribution >= 4 is 29.1 Å². The first-order valence-electron chi connectivity index (χ1n) is 8.78. The topological polar surface area (TPSA) is 61.9 Å². The summed E-state index contributed by atoms with van der Waals surface area (Å²) < 4.78 is 13.0. The van der Waals surface area contributed by atoms with Gasteiger partial charge in [0.2, 0.25) is 5.95 Å². The van der Waals surface area contributed by atoms with E-state index in [1.165, 1.54) is 18.6 Å². The minimum Gasteiger partial charge on any atom is -0.342 e. The lowest BCUT2D eigenvalue weighted by atomic mass is 10.1. The van der Waals surface area contributed by atoms with Gasteiger partial charge in [0.25, 0.3) is 5.56 Å². The number of hydrogen-bond acceptors (Lipinski definition) is 4. The maximum atomic E-state index is 13.0. The maximum absolute atomic E-state index is 13.0. The number of halogens is 1. The van der Waals surface area contributed by atoms with E-state index >= 15 is 0 Å². The van der Waals surface area contributed by atoms with Gasteiger partial charge in [-0.25, -0.2) is 9.37 Å². The van der Waals surface area contributed by atoms with E-state index < -0.39 is 0 Å². The Hall–Kier alpha value is -3.02. The molecule has 1 aliphatic rings. The molecule has 0 radical (unpaired) electrons. The predicted molar refractivity (Wildman–Crippen MR) is 102 cm³/mol. The average Bonchev–Trinajstić information content (AvgIpc) is 2.68. The van der Waals surface area contributed by atoms with Crippen LogP contribution in [0.2, 0.25) is 0 Å². The minimum absolute atomic E-state index is 0.192. The van der Waals surface area contributed by atoms with Crippen LogP contribution in [0.3, 0.4) is 0 Å². The van der Waals surface area contributed by atoms with Gasteiger partial charge in [0.1, 0.15) is 5.82 Å². The highest BCUT2D eigenvalue weighted by molar-refractivity contribution is 5.88. The van der Waals surface area contributed by atoms with Crippen molar-refractivity contribution in [3.05, 3.63) is 63.8 Å². The van der Waals surface area contributed by atoms with Crippen LogP contribution in [-0.4, -0.2) is 28.0 Å². The van der Waals surface area contributed by atoms with E-state index in [9.17, 15) is 9.18 Å². The molecule has 6 heteroatoms. The number of anilines is 1. The number of rotatable bonds is 3. The Morgan fingerprint density at radius 2 is 1.81 bits per heavy atom. The van der Waals surface area contributed by atoms with Crippen LogP contribution < -0.4 is 10.5 Å². The summed E-state index contributed by atoms with van der Waals surface area (Å²) >= 11 is 0. The summed E-state index contributed by atoms with van der Waals surface area (Å²) in [5, 5.41) is 0.464. The summed E-state index contributed by atoms with van der Waals surface area (Å²) in [6.45, 7) is 1.80. The van der Waals surface area contributed by atoms with Crippen molar-refractivity contribution < 1.29 is 4.39 Å². The van der Waals surface area contributed by atoms with Gasteiger partial charge < -0.3 is 4.90 Å². The first-order valence-corrected chi connectivity index (χ1v) is 8.78. The summed E-state index contributed by atoms with van der Waals surface area (Å²) in [7, 11) is 0. The molecule has 132 valence electrons. The molecule has 0 unspecified atom stereocenters. The standard InChI is InChI=1S/C20H19FN4O/c21-16-8-5-14(6-9-16)4-7-15-10-11-22-18-17(15)19(26)24-20(23-18)25-12-2-1-3-13-25/h4-11H,1-3,12-13H2,(H,22,23,24,26)/b7-4+. The van der Waals surface area contributed by atoms with Crippen LogP contribution in [0, 0.1) is 5.82 Å². The van der Waals surface area contributed by atoms with Crippen LogP contribution in [0.15, 0.2) is 41.3 Å². The molecule has 5 nitrogen and oxygen atoms in total. The molecule has 0 atom stereocenters. The highest BCUT2D eigenvalue weighted by atomic mass is 19.1. The zero-order valence-electron chi connectivity index (χ0n) is 14.3. The number of nitrogens with one attached hydrogen (secondary N) is 1. The zero-order chi connectivity index (χ0) is 17.9. The highest BCUT2D eigenvalue weighted by Crippen LogP contribution is 2.19. The van der Waals surface area contributed by atoms with Gasteiger partial charge in [-0.3, -0.25) is 9.78 Å². The molecule has 0 aliphatic carbocycles. The quantitative estimate of drug-likeness (QED) is 0.784. The van der Waals surface area contributed by atoms with E-state index in [4.69, 9.17) is 0 Å². The summed E-state index contributed by atoms with van der Waals surface area (Å²) in [6, 6.07) is 7.96. The molecule has 2 aromatic heterocycles. The van der Waals surface area contributed by atoms with Gasteiger partial charge in [-0.1, -0.05) is 24.3 Å². The van der Waals surface area contributed by atoms with E-state index in [2.05, 4.69) is 19.9 Å². The smallest absolute Gasteiger partial charge is 0.262 e. The van der Waals surface area contributed by atoms with Crippen LogP contribution >= 0.6 is 0 Å². The molecule has 0 amide bonds. The largest absolute Gasteiger partial charge is 0.342 e. The van der Waals surface area contributed by atoms with Crippen molar-refractivity contribution in [1.82, 2.24) is 15.0 Å². The molecule has 1 fully saturated rings. The van der Waals surface area contributed by atoms with Crippen molar-refractivity contribution in [3.8, 4) is 0 Å². The molecule has 1 N–H and O–H groups in total. The van der Waals surface area contributed by atoms with Crippen LogP contribution in [0.25, 0.3) is 23.2 Å². The van der Waals surface area contributed by atoms with Crippen molar-refractivity contribution in [1.29, 1.82) is 0 Å². The Labute approximate surface area is 150 Å². The number of pyridine rings is 1. The van der Waals surface area contributed by atoms with Crippen LogP contribution in [0.1, 0.15) is 30.4 Å². The molecule has 4 rings (SSSR count). The Balaban J connectivity index is 1.72. The fourth-order valence-electron chi connectivity index (χ4n) is 3.23. The van der Waals surface area contributed by atoms with Gasteiger partial charge in [-0.2, -0.15) is 4.98 Å². The first-order chi connectivity index (χ1) is 12.7. The number of benzene rings is 1. The van der Waals surface area contributed by atoms with Gasteiger partial charge in [0.05, 0.1) is 5.39 Å². The maximum Gasteiger partial charge on any atom is 0.262 e. The van der Waals surface area contributed by atoms with Crippen molar-refractivity contribution in [2.24, 2.45) is 0 Å². The van der Waals surface area contributed by atoms with E-state index in [1.54, 1.807) is 24.4 Å². The number of aromatic amines is 1. The van der Waals surface area contributed by atoms with Gasteiger partial charge in [0.15, 0.2) is 5.65 Å². The van der Waals surface area contributed by atoms with Crippen LogP contribution in [-0.2, 0) is 0 Å². The molecule has 1 aromatic carbocycles. The number of hydrogen-bond donors (Lipinski definition) is 1.